The van der Waals surface area contributed by atoms with E-state index in [1.165, 1.54) is 0 Å². The number of amides is 1. The first-order chi connectivity index (χ1) is 10.1. The molecule has 1 saturated heterocycles. The zero-order valence-corrected chi connectivity index (χ0v) is 12.8. The van der Waals surface area contributed by atoms with Crippen molar-refractivity contribution >= 4 is 11.6 Å². The van der Waals surface area contributed by atoms with Gasteiger partial charge in [-0.15, -0.1) is 0 Å². The van der Waals surface area contributed by atoms with Crippen molar-refractivity contribution in [1.29, 1.82) is 0 Å². The summed E-state index contributed by atoms with van der Waals surface area (Å²) < 4.78 is 10.9. The number of hydrogen-bond acceptors (Lipinski definition) is 4. The summed E-state index contributed by atoms with van der Waals surface area (Å²) in [4.78, 5) is 12.4. The Morgan fingerprint density at radius 1 is 1.43 bits per heavy atom. The highest BCUT2D eigenvalue weighted by Crippen LogP contribution is 2.29. The normalized spacial score (nSPS) is 17.2. The summed E-state index contributed by atoms with van der Waals surface area (Å²) in [5, 5.41) is 2.99. The van der Waals surface area contributed by atoms with Crippen molar-refractivity contribution in [2.24, 2.45) is 5.41 Å². The Morgan fingerprint density at radius 2 is 2.14 bits per heavy atom. The summed E-state index contributed by atoms with van der Waals surface area (Å²) in [6.45, 7) is 6.68. The number of nitrogens with two attached hydrogens (primary N) is 1. The number of nitrogens with one attached hydrogen (secondary N) is 1. The molecule has 0 radical (unpaired) electrons. The number of carbonyl (C=O) groups is 1. The third kappa shape index (κ3) is 3.88. The lowest BCUT2D eigenvalue weighted by Crippen LogP contribution is -2.39. The molecule has 0 bridgehead atoms. The lowest BCUT2D eigenvalue weighted by Gasteiger charge is -2.33. The van der Waals surface area contributed by atoms with E-state index in [1.807, 2.05) is 6.92 Å². The van der Waals surface area contributed by atoms with E-state index >= 15 is 0 Å². The molecule has 1 aromatic carbocycles. The van der Waals surface area contributed by atoms with Gasteiger partial charge in [0.25, 0.3) is 5.91 Å². The van der Waals surface area contributed by atoms with E-state index in [4.69, 9.17) is 15.2 Å². The van der Waals surface area contributed by atoms with Crippen molar-refractivity contribution in [1.82, 2.24) is 5.32 Å². The minimum atomic E-state index is -0.177. The van der Waals surface area contributed by atoms with Gasteiger partial charge < -0.3 is 20.5 Å². The van der Waals surface area contributed by atoms with E-state index in [1.54, 1.807) is 18.2 Å². The van der Waals surface area contributed by atoms with Gasteiger partial charge >= 0.3 is 0 Å². The lowest BCUT2D eigenvalue weighted by molar-refractivity contribution is 0.0238. The molecule has 0 atom stereocenters. The molecule has 116 valence electrons. The van der Waals surface area contributed by atoms with Crippen LogP contribution in [-0.4, -0.2) is 32.3 Å². The third-order valence-corrected chi connectivity index (χ3v) is 3.96. The molecule has 2 rings (SSSR count). The maximum atomic E-state index is 12.4. The van der Waals surface area contributed by atoms with Crippen LogP contribution in [0.1, 0.15) is 37.0 Å². The summed E-state index contributed by atoms with van der Waals surface area (Å²) >= 11 is 0. The fourth-order valence-electron chi connectivity index (χ4n) is 2.49. The van der Waals surface area contributed by atoms with Crippen LogP contribution in [0.3, 0.4) is 0 Å². The smallest absolute Gasteiger partial charge is 0.257 e. The topological polar surface area (TPSA) is 73.6 Å². The van der Waals surface area contributed by atoms with Crippen molar-refractivity contribution in [2.45, 2.75) is 26.7 Å². The number of anilines is 1. The summed E-state index contributed by atoms with van der Waals surface area (Å²) in [6, 6.07) is 5.27. The third-order valence-electron chi connectivity index (χ3n) is 3.96. The summed E-state index contributed by atoms with van der Waals surface area (Å²) in [5.74, 6) is 0.358. The second-order valence-corrected chi connectivity index (χ2v) is 5.76. The monoisotopic (exact) mass is 292 g/mol. The van der Waals surface area contributed by atoms with Gasteiger partial charge in [0, 0.05) is 25.4 Å². The van der Waals surface area contributed by atoms with Crippen molar-refractivity contribution in [3.05, 3.63) is 23.8 Å². The first-order valence-electron chi connectivity index (χ1n) is 7.43. The summed E-state index contributed by atoms with van der Waals surface area (Å²) in [5.41, 5.74) is 6.89. The van der Waals surface area contributed by atoms with Gasteiger partial charge in [-0.05, 0) is 37.3 Å². The number of hydrogen-bond donors (Lipinski definition) is 2. The van der Waals surface area contributed by atoms with E-state index in [0.717, 1.165) is 26.1 Å². The molecule has 3 N–H and O–H groups in total. The maximum Gasteiger partial charge on any atom is 0.257 e. The molecule has 5 heteroatoms. The molecular weight excluding hydrogens is 268 g/mol. The molecule has 0 aromatic heterocycles. The average Bonchev–Trinajstić information content (AvgIpc) is 2.46. The quantitative estimate of drug-likeness (QED) is 0.816. The van der Waals surface area contributed by atoms with Crippen molar-refractivity contribution in [2.75, 3.05) is 32.1 Å². The van der Waals surface area contributed by atoms with Crippen LogP contribution in [-0.2, 0) is 4.74 Å². The van der Waals surface area contributed by atoms with Gasteiger partial charge in [-0.1, -0.05) is 13.0 Å². The Morgan fingerprint density at radius 3 is 2.81 bits per heavy atom. The van der Waals surface area contributed by atoms with Gasteiger partial charge in [-0.25, -0.2) is 0 Å². The van der Waals surface area contributed by atoms with Gasteiger partial charge in [0.1, 0.15) is 11.3 Å². The SMILES string of the molecule is CCOc1cccc(N)c1C(=O)NCC1(C)CCOCC1. The van der Waals surface area contributed by atoms with Gasteiger partial charge in [0.2, 0.25) is 0 Å². The van der Waals surface area contributed by atoms with Gasteiger partial charge in [-0.2, -0.15) is 0 Å². The molecule has 1 aromatic rings. The van der Waals surface area contributed by atoms with E-state index in [-0.39, 0.29) is 11.3 Å². The average molecular weight is 292 g/mol. The number of ether oxygens (including phenoxy) is 2. The zero-order valence-electron chi connectivity index (χ0n) is 12.8. The van der Waals surface area contributed by atoms with Crippen LogP contribution in [0.15, 0.2) is 18.2 Å². The fourth-order valence-corrected chi connectivity index (χ4v) is 2.49. The number of benzene rings is 1. The van der Waals surface area contributed by atoms with Crippen molar-refractivity contribution < 1.29 is 14.3 Å². The summed E-state index contributed by atoms with van der Waals surface area (Å²) in [6.07, 6.45) is 1.91. The fraction of sp³-hybridized carbons (Fsp3) is 0.562. The second-order valence-electron chi connectivity index (χ2n) is 5.76. The number of nitrogen functional groups attached to an aromatic ring is 1. The number of rotatable bonds is 5. The number of carbonyl (C=O) groups excluding carboxylic acids is 1. The molecule has 5 nitrogen and oxygen atoms in total. The highest BCUT2D eigenvalue weighted by molar-refractivity contribution is 6.01. The molecule has 0 spiro atoms. The maximum absolute atomic E-state index is 12.4. The van der Waals surface area contributed by atoms with Crippen LogP contribution in [0.5, 0.6) is 5.75 Å². The predicted octanol–water partition coefficient (Wildman–Crippen LogP) is 2.21. The van der Waals surface area contributed by atoms with Crippen LogP contribution >= 0.6 is 0 Å². The Kier molecular flexibility index (Phi) is 5.07. The van der Waals surface area contributed by atoms with Crippen LogP contribution in [0.2, 0.25) is 0 Å². The van der Waals surface area contributed by atoms with E-state index in [9.17, 15) is 4.79 Å². The van der Waals surface area contributed by atoms with Crippen LogP contribution in [0.25, 0.3) is 0 Å². The highest BCUT2D eigenvalue weighted by Gasteiger charge is 2.28. The summed E-state index contributed by atoms with van der Waals surface area (Å²) in [7, 11) is 0. The molecule has 0 aliphatic carbocycles. The highest BCUT2D eigenvalue weighted by atomic mass is 16.5. The lowest BCUT2D eigenvalue weighted by atomic mass is 9.82. The Hall–Kier alpha value is -1.75. The Labute approximate surface area is 125 Å². The molecule has 0 unspecified atom stereocenters. The van der Waals surface area contributed by atoms with Crippen molar-refractivity contribution in [3.63, 3.8) is 0 Å². The molecule has 1 amide bonds. The Balaban J connectivity index is 2.06. The Bertz CT molecular complexity index is 496. The standard InChI is InChI=1S/C16H24N2O3/c1-3-21-13-6-4-5-12(17)14(13)15(19)18-11-16(2)7-9-20-10-8-16/h4-6H,3,7-11,17H2,1-2H3,(H,18,19). The van der Waals surface area contributed by atoms with E-state index < -0.39 is 0 Å². The molecule has 0 saturated carbocycles. The minimum absolute atomic E-state index is 0.0865. The molecule has 1 fully saturated rings. The van der Waals surface area contributed by atoms with Crippen LogP contribution in [0.4, 0.5) is 5.69 Å². The van der Waals surface area contributed by atoms with Crippen molar-refractivity contribution in [3.8, 4) is 5.75 Å². The minimum Gasteiger partial charge on any atom is -0.493 e. The molecule has 21 heavy (non-hydrogen) atoms. The van der Waals surface area contributed by atoms with Gasteiger partial charge in [0.05, 0.1) is 6.61 Å². The largest absolute Gasteiger partial charge is 0.493 e. The molecule has 1 heterocycles. The van der Waals surface area contributed by atoms with E-state index in [0.29, 0.717) is 30.2 Å². The first-order valence-corrected chi connectivity index (χ1v) is 7.43. The molecule has 1 aliphatic rings. The van der Waals surface area contributed by atoms with Crippen LogP contribution in [0, 0.1) is 5.41 Å². The second kappa shape index (κ2) is 6.80. The molecular formula is C16H24N2O3. The van der Waals surface area contributed by atoms with E-state index in [2.05, 4.69) is 12.2 Å². The van der Waals surface area contributed by atoms with Gasteiger partial charge in [0.15, 0.2) is 0 Å². The molecule has 1 aliphatic heterocycles. The van der Waals surface area contributed by atoms with Crippen LogP contribution < -0.4 is 15.8 Å². The predicted molar refractivity (Wildman–Crippen MR) is 82.5 cm³/mol. The van der Waals surface area contributed by atoms with Gasteiger partial charge in [-0.3, -0.25) is 4.79 Å². The first kappa shape index (κ1) is 15.6. The zero-order chi connectivity index (χ0) is 15.3.